The topological polar surface area (TPSA) is 64.6 Å². The molecular formula is C9H17NO4. The Morgan fingerprint density at radius 3 is 2.43 bits per heavy atom. The van der Waals surface area contributed by atoms with Gasteiger partial charge in [-0.05, 0) is 19.3 Å². The van der Waals surface area contributed by atoms with Crippen molar-refractivity contribution in [2.24, 2.45) is 0 Å². The number of methoxy groups -OCH3 is 2. The van der Waals surface area contributed by atoms with E-state index < -0.39 is 11.9 Å². The van der Waals surface area contributed by atoms with E-state index in [9.17, 15) is 9.59 Å². The van der Waals surface area contributed by atoms with Gasteiger partial charge in [0.05, 0.1) is 7.11 Å². The number of amides is 1. The molecular weight excluding hydrogens is 186 g/mol. The van der Waals surface area contributed by atoms with E-state index in [1.54, 1.807) is 7.11 Å². The van der Waals surface area contributed by atoms with E-state index in [-0.39, 0.29) is 0 Å². The van der Waals surface area contributed by atoms with Crippen molar-refractivity contribution in [3.8, 4) is 0 Å². The maximum atomic E-state index is 10.9. The summed E-state index contributed by atoms with van der Waals surface area (Å²) in [5, 5.41) is 2.46. The van der Waals surface area contributed by atoms with Gasteiger partial charge in [-0.1, -0.05) is 0 Å². The number of rotatable bonds is 6. The Morgan fingerprint density at radius 1 is 1.14 bits per heavy atom. The summed E-state index contributed by atoms with van der Waals surface area (Å²) >= 11 is 0. The van der Waals surface area contributed by atoms with Crippen molar-refractivity contribution >= 4 is 11.9 Å². The van der Waals surface area contributed by atoms with Crippen LogP contribution in [0.5, 0.6) is 0 Å². The predicted octanol–water partition coefficient (Wildman–Crippen LogP) is 0.0923. The van der Waals surface area contributed by atoms with E-state index in [1.807, 2.05) is 0 Å². The van der Waals surface area contributed by atoms with Crippen molar-refractivity contribution in [1.82, 2.24) is 5.32 Å². The lowest BCUT2D eigenvalue weighted by Crippen LogP contribution is -2.32. The largest absolute Gasteiger partial charge is 0.462 e. The van der Waals surface area contributed by atoms with Crippen LogP contribution < -0.4 is 5.32 Å². The molecule has 82 valence electrons. The summed E-state index contributed by atoms with van der Waals surface area (Å²) in [5.74, 6) is -1.53. The molecule has 0 atom stereocenters. The average molecular weight is 203 g/mol. The van der Waals surface area contributed by atoms with E-state index in [4.69, 9.17) is 4.74 Å². The third-order valence-corrected chi connectivity index (χ3v) is 1.68. The van der Waals surface area contributed by atoms with E-state index in [1.165, 1.54) is 7.11 Å². The van der Waals surface area contributed by atoms with E-state index in [0.717, 1.165) is 25.9 Å². The summed E-state index contributed by atoms with van der Waals surface area (Å²) in [6.07, 6.45) is 2.77. The van der Waals surface area contributed by atoms with Crippen LogP contribution in [-0.2, 0) is 19.1 Å². The molecule has 0 saturated heterocycles. The quantitative estimate of drug-likeness (QED) is 0.377. The first-order valence-corrected chi connectivity index (χ1v) is 4.57. The monoisotopic (exact) mass is 203 g/mol. The zero-order chi connectivity index (χ0) is 10.8. The van der Waals surface area contributed by atoms with Crippen molar-refractivity contribution in [1.29, 1.82) is 0 Å². The summed E-state index contributed by atoms with van der Waals surface area (Å²) in [6.45, 7) is 1.22. The number of nitrogens with one attached hydrogen (secondary N) is 1. The second-order valence-corrected chi connectivity index (χ2v) is 2.80. The Balaban J connectivity index is 3.27. The molecule has 0 radical (unpaired) electrons. The molecule has 0 spiro atoms. The first-order chi connectivity index (χ1) is 6.72. The number of ether oxygens (including phenoxy) is 2. The molecule has 5 nitrogen and oxygen atoms in total. The third kappa shape index (κ3) is 6.42. The van der Waals surface area contributed by atoms with E-state index >= 15 is 0 Å². The Bertz CT molecular complexity index is 182. The van der Waals surface area contributed by atoms with Crippen LogP contribution in [0.2, 0.25) is 0 Å². The lowest BCUT2D eigenvalue weighted by molar-refractivity contribution is -0.152. The molecule has 0 saturated carbocycles. The lowest BCUT2D eigenvalue weighted by atomic mass is 10.2. The van der Waals surface area contributed by atoms with Gasteiger partial charge in [0.15, 0.2) is 0 Å². The van der Waals surface area contributed by atoms with Crippen molar-refractivity contribution in [2.75, 3.05) is 27.4 Å². The van der Waals surface area contributed by atoms with Gasteiger partial charge in [-0.25, -0.2) is 4.79 Å². The minimum Gasteiger partial charge on any atom is -0.462 e. The Morgan fingerprint density at radius 2 is 1.86 bits per heavy atom. The second-order valence-electron chi connectivity index (χ2n) is 2.80. The first-order valence-electron chi connectivity index (χ1n) is 4.57. The highest BCUT2D eigenvalue weighted by Gasteiger charge is 2.11. The van der Waals surface area contributed by atoms with Crippen LogP contribution in [0, 0.1) is 0 Å². The van der Waals surface area contributed by atoms with E-state index in [0.29, 0.717) is 6.54 Å². The minimum absolute atomic E-state index is 0.498. The van der Waals surface area contributed by atoms with Crippen LogP contribution in [0.3, 0.4) is 0 Å². The zero-order valence-electron chi connectivity index (χ0n) is 8.67. The fraction of sp³-hybridized carbons (Fsp3) is 0.778. The van der Waals surface area contributed by atoms with Gasteiger partial charge in [-0.3, -0.25) is 4.79 Å². The van der Waals surface area contributed by atoms with Crippen LogP contribution in [0.4, 0.5) is 0 Å². The zero-order valence-corrected chi connectivity index (χ0v) is 8.67. The van der Waals surface area contributed by atoms with Crippen LogP contribution in [0.1, 0.15) is 19.3 Å². The number of carbonyl (C=O) groups is 2. The minimum atomic E-state index is -0.845. The van der Waals surface area contributed by atoms with Gasteiger partial charge in [0.1, 0.15) is 0 Å². The Labute approximate surface area is 83.8 Å². The summed E-state index contributed by atoms with van der Waals surface area (Å²) in [6, 6.07) is 0. The number of esters is 1. The molecule has 1 amide bonds. The number of carbonyl (C=O) groups excluding carboxylic acids is 2. The summed E-state index contributed by atoms with van der Waals surface area (Å²) in [5.41, 5.74) is 0. The predicted molar refractivity (Wildman–Crippen MR) is 50.8 cm³/mol. The summed E-state index contributed by atoms with van der Waals surface area (Å²) in [7, 11) is 2.83. The molecule has 0 aromatic carbocycles. The SMILES string of the molecule is COCCCCCNC(=O)C(=O)OC. The van der Waals surface area contributed by atoms with Gasteiger partial charge in [0, 0.05) is 20.3 Å². The highest BCUT2D eigenvalue weighted by Crippen LogP contribution is 1.93. The van der Waals surface area contributed by atoms with Gasteiger partial charge < -0.3 is 14.8 Å². The van der Waals surface area contributed by atoms with Gasteiger partial charge in [-0.2, -0.15) is 0 Å². The first kappa shape index (κ1) is 12.9. The van der Waals surface area contributed by atoms with Gasteiger partial charge in [-0.15, -0.1) is 0 Å². The highest BCUT2D eigenvalue weighted by atomic mass is 16.5. The summed E-state index contributed by atoms with van der Waals surface area (Å²) in [4.78, 5) is 21.5. The molecule has 0 unspecified atom stereocenters. The molecule has 14 heavy (non-hydrogen) atoms. The second kappa shape index (κ2) is 8.50. The van der Waals surface area contributed by atoms with Crippen molar-refractivity contribution in [3.05, 3.63) is 0 Å². The van der Waals surface area contributed by atoms with Crippen molar-refractivity contribution < 1.29 is 19.1 Å². The third-order valence-electron chi connectivity index (χ3n) is 1.68. The van der Waals surface area contributed by atoms with Crippen LogP contribution in [-0.4, -0.2) is 39.2 Å². The van der Waals surface area contributed by atoms with Crippen molar-refractivity contribution in [2.45, 2.75) is 19.3 Å². The molecule has 0 aromatic heterocycles. The van der Waals surface area contributed by atoms with Gasteiger partial charge >= 0.3 is 11.9 Å². The standard InChI is InChI=1S/C9H17NO4/c1-13-7-5-3-4-6-10-8(11)9(12)14-2/h3-7H2,1-2H3,(H,10,11). The molecule has 0 bridgehead atoms. The molecule has 0 aliphatic carbocycles. The fourth-order valence-electron chi connectivity index (χ4n) is 0.915. The van der Waals surface area contributed by atoms with Gasteiger partial charge in [0.25, 0.3) is 0 Å². The molecule has 0 heterocycles. The summed E-state index contributed by atoms with van der Waals surface area (Å²) < 4.78 is 9.10. The normalized spacial score (nSPS) is 9.57. The highest BCUT2D eigenvalue weighted by molar-refractivity contribution is 6.32. The van der Waals surface area contributed by atoms with Crippen LogP contribution >= 0.6 is 0 Å². The van der Waals surface area contributed by atoms with Crippen LogP contribution in [0.25, 0.3) is 0 Å². The molecule has 0 rings (SSSR count). The molecule has 1 N–H and O–H groups in total. The van der Waals surface area contributed by atoms with Crippen molar-refractivity contribution in [3.63, 3.8) is 0 Å². The Kier molecular flexibility index (Phi) is 7.83. The maximum absolute atomic E-state index is 10.9. The number of hydrogen-bond donors (Lipinski definition) is 1. The molecule has 5 heteroatoms. The maximum Gasteiger partial charge on any atom is 0.396 e. The Hall–Kier alpha value is -1.10. The van der Waals surface area contributed by atoms with Gasteiger partial charge in [0.2, 0.25) is 0 Å². The fourth-order valence-corrected chi connectivity index (χ4v) is 0.915. The van der Waals surface area contributed by atoms with E-state index in [2.05, 4.69) is 10.1 Å². The molecule has 0 fully saturated rings. The average Bonchev–Trinajstić information content (AvgIpc) is 2.21. The van der Waals surface area contributed by atoms with Crippen LogP contribution in [0.15, 0.2) is 0 Å². The molecule has 0 aliphatic heterocycles. The number of unbranched alkanes of at least 4 members (excludes halogenated alkanes) is 2. The smallest absolute Gasteiger partial charge is 0.396 e. The number of hydrogen-bond acceptors (Lipinski definition) is 4. The lowest BCUT2D eigenvalue weighted by Gasteiger charge is -2.02. The molecule has 0 aromatic rings. The molecule has 0 aliphatic rings.